The van der Waals surface area contributed by atoms with Crippen molar-refractivity contribution in [2.75, 3.05) is 26.3 Å². The molecular weight excluding hydrogens is 343 g/mol. The summed E-state index contributed by atoms with van der Waals surface area (Å²) < 4.78 is 29.9. The molecule has 0 radical (unpaired) electrons. The van der Waals surface area contributed by atoms with Crippen LogP contribution < -0.4 is 10.1 Å². The maximum Gasteiger partial charge on any atom is 0.318 e. The molecule has 2 aliphatic rings. The second-order valence-corrected chi connectivity index (χ2v) is 6.27. The lowest BCUT2D eigenvalue weighted by atomic mass is 10.0. The number of halogens is 1. The molecule has 2 aliphatic heterocycles. The summed E-state index contributed by atoms with van der Waals surface area (Å²) in [5.41, 5.74) is 0.656. The summed E-state index contributed by atoms with van der Waals surface area (Å²) in [5.74, 6) is 0.677. The molecule has 1 unspecified atom stereocenters. The van der Waals surface area contributed by atoms with Crippen molar-refractivity contribution in [3.05, 3.63) is 41.3 Å². The van der Waals surface area contributed by atoms with Crippen LogP contribution in [0.15, 0.2) is 22.7 Å². The molecule has 1 aromatic heterocycles. The SMILES string of the molecule is Cc1nc(C2CN(C(=O)N[C@H]3CCOc4c(F)cccc43)CCO2)no1. The molecule has 0 saturated carbocycles. The fraction of sp³-hybridized carbons (Fsp3) is 0.471. The molecule has 1 fully saturated rings. The molecule has 4 rings (SSSR count). The van der Waals surface area contributed by atoms with E-state index in [9.17, 15) is 9.18 Å². The number of hydrogen-bond donors (Lipinski definition) is 1. The Hall–Kier alpha value is -2.68. The lowest BCUT2D eigenvalue weighted by Crippen LogP contribution is -2.48. The number of amides is 2. The Morgan fingerprint density at radius 2 is 2.27 bits per heavy atom. The average molecular weight is 362 g/mol. The molecule has 8 nitrogen and oxygen atoms in total. The third-order valence-electron chi connectivity index (χ3n) is 4.51. The molecule has 2 amide bonds. The van der Waals surface area contributed by atoms with Gasteiger partial charge in [-0.05, 0) is 6.07 Å². The number of ether oxygens (including phenoxy) is 2. The molecular formula is C17H19FN4O4. The molecule has 3 heterocycles. The van der Waals surface area contributed by atoms with Crippen LogP contribution in [0, 0.1) is 12.7 Å². The number of nitrogens with one attached hydrogen (secondary N) is 1. The van der Waals surface area contributed by atoms with Crippen LogP contribution in [-0.4, -0.2) is 47.4 Å². The molecule has 2 atom stereocenters. The van der Waals surface area contributed by atoms with E-state index < -0.39 is 11.9 Å². The van der Waals surface area contributed by atoms with Crippen LogP contribution in [0.1, 0.15) is 35.8 Å². The van der Waals surface area contributed by atoms with Gasteiger partial charge in [0, 0.05) is 25.5 Å². The Labute approximate surface area is 149 Å². The van der Waals surface area contributed by atoms with Crippen LogP contribution in [0.2, 0.25) is 0 Å². The number of urea groups is 1. The quantitative estimate of drug-likeness (QED) is 0.880. The first-order valence-corrected chi connectivity index (χ1v) is 8.50. The molecule has 2 aromatic rings. The van der Waals surface area contributed by atoms with Gasteiger partial charge in [-0.2, -0.15) is 4.98 Å². The Kier molecular flexibility index (Phi) is 4.46. The second kappa shape index (κ2) is 6.91. The Bertz CT molecular complexity index is 812. The molecule has 1 aromatic carbocycles. The summed E-state index contributed by atoms with van der Waals surface area (Å²) in [7, 11) is 0. The summed E-state index contributed by atoms with van der Waals surface area (Å²) in [6.45, 7) is 3.21. The van der Waals surface area contributed by atoms with Crippen LogP contribution >= 0.6 is 0 Å². The molecule has 26 heavy (non-hydrogen) atoms. The highest BCUT2D eigenvalue weighted by atomic mass is 19.1. The van der Waals surface area contributed by atoms with Gasteiger partial charge < -0.3 is 24.2 Å². The normalized spacial score (nSPS) is 22.5. The molecule has 0 aliphatic carbocycles. The van der Waals surface area contributed by atoms with Crippen molar-refractivity contribution in [2.24, 2.45) is 0 Å². The van der Waals surface area contributed by atoms with Crippen LogP contribution in [0.3, 0.4) is 0 Å². The van der Waals surface area contributed by atoms with Gasteiger partial charge in [-0.25, -0.2) is 9.18 Å². The fourth-order valence-corrected chi connectivity index (χ4v) is 3.21. The summed E-state index contributed by atoms with van der Waals surface area (Å²) in [6, 6.07) is 4.21. The molecule has 138 valence electrons. The first-order chi connectivity index (χ1) is 12.6. The van der Waals surface area contributed by atoms with E-state index in [0.717, 1.165) is 0 Å². The van der Waals surface area contributed by atoms with E-state index in [1.165, 1.54) is 6.07 Å². The van der Waals surface area contributed by atoms with Crippen molar-refractivity contribution in [1.82, 2.24) is 20.4 Å². The van der Waals surface area contributed by atoms with E-state index in [4.69, 9.17) is 14.0 Å². The first-order valence-electron chi connectivity index (χ1n) is 8.50. The minimum atomic E-state index is -0.425. The Morgan fingerprint density at radius 1 is 1.38 bits per heavy atom. The van der Waals surface area contributed by atoms with Crippen LogP contribution in [-0.2, 0) is 4.74 Å². The molecule has 1 saturated heterocycles. The topological polar surface area (TPSA) is 89.7 Å². The smallest absolute Gasteiger partial charge is 0.318 e. The van der Waals surface area contributed by atoms with Gasteiger partial charge in [0.15, 0.2) is 11.6 Å². The van der Waals surface area contributed by atoms with Crippen molar-refractivity contribution >= 4 is 6.03 Å². The Balaban J connectivity index is 1.45. The number of aromatic nitrogens is 2. The number of aryl methyl sites for hydroxylation is 1. The zero-order valence-electron chi connectivity index (χ0n) is 14.3. The van der Waals surface area contributed by atoms with Gasteiger partial charge >= 0.3 is 6.03 Å². The second-order valence-electron chi connectivity index (χ2n) is 6.27. The van der Waals surface area contributed by atoms with Gasteiger partial charge in [0.25, 0.3) is 0 Å². The lowest BCUT2D eigenvalue weighted by Gasteiger charge is -2.34. The third-order valence-corrected chi connectivity index (χ3v) is 4.51. The highest BCUT2D eigenvalue weighted by molar-refractivity contribution is 5.75. The van der Waals surface area contributed by atoms with Crippen LogP contribution in [0.25, 0.3) is 0 Å². The maximum absolute atomic E-state index is 13.9. The van der Waals surface area contributed by atoms with E-state index in [-0.39, 0.29) is 17.8 Å². The van der Waals surface area contributed by atoms with Crippen molar-refractivity contribution < 1.29 is 23.2 Å². The fourth-order valence-electron chi connectivity index (χ4n) is 3.21. The third kappa shape index (κ3) is 3.22. The van der Waals surface area contributed by atoms with Crippen molar-refractivity contribution in [3.63, 3.8) is 0 Å². The van der Waals surface area contributed by atoms with E-state index in [1.807, 2.05) is 0 Å². The van der Waals surface area contributed by atoms with E-state index >= 15 is 0 Å². The number of hydrogen-bond acceptors (Lipinski definition) is 6. The largest absolute Gasteiger partial charge is 0.490 e. The first kappa shape index (κ1) is 16.8. The summed E-state index contributed by atoms with van der Waals surface area (Å²) >= 11 is 0. The van der Waals surface area contributed by atoms with E-state index in [1.54, 1.807) is 24.0 Å². The van der Waals surface area contributed by atoms with Gasteiger partial charge in [0.1, 0.15) is 6.10 Å². The summed E-state index contributed by atoms with van der Waals surface area (Å²) in [6.07, 6.45) is 0.159. The number of fused-ring (bicyclic) bond motifs is 1. The zero-order chi connectivity index (χ0) is 18.1. The van der Waals surface area contributed by atoms with Crippen molar-refractivity contribution in [2.45, 2.75) is 25.5 Å². The highest BCUT2D eigenvalue weighted by Gasteiger charge is 2.31. The zero-order valence-corrected chi connectivity index (χ0v) is 14.3. The number of nitrogens with zero attached hydrogens (tertiary/aromatic N) is 3. The van der Waals surface area contributed by atoms with Gasteiger partial charge in [-0.1, -0.05) is 17.3 Å². The number of carbonyl (C=O) groups is 1. The number of carbonyl (C=O) groups excluding carboxylic acids is 1. The molecule has 1 N–H and O–H groups in total. The minimum absolute atomic E-state index is 0.214. The Morgan fingerprint density at radius 3 is 3.08 bits per heavy atom. The number of para-hydroxylation sites is 1. The molecule has 0 spiro atoms. The van der Waals surface area contributed by atoms with Gasteiger partial charge in [0.05, 0.1) is 25.8 Å². The van der Waals surface area contributed by atoms with Crippen molar-refractivity contribution in [1.29, 1.82) is 0 Å². The number of benzene rings is 1. The average Bonchev–Trinajstić information content (AvgIpc) is 3.09. The van der Waals surface area contributed by atoms with Crippen molar-refractivity contribution in [3.8, 4) is 5.75 Å². The number of rotatable bonds is 2. The van der Waals surface area contributed by atoms with E-state index in [0.29, 0.717) is 50.0 Å². The summed E-state index contributed by atoms with van der Waals surface area (Å²) in [4.78, 5) is 18.5. The lowest BCUT2D eigenvalue weighted by molar-refractivity contribution is -0.0214. The van der Waals surface area contributed by atoms with Gasteiger partial charge in [0.2, 0.25) is 11.7 Å². The number of morpholine rings is 1. The van der Waals surface area contributed by atoms with Gasteiger partial charge in [-0.15, -0.1) is 0 Å². The monoisotopic (exact) mass is 362 g/mol. The predicted molar refractivity (Wildman–Crippen MR) is 87.1 cm³/mol. The minimum Gasteiger partial charge on any atom is -0.490 e. The predicted octanol–water partition coefficient (Wildman–Crippen LogP) is 2.12. The van der Waals surface area contributed by atoms with Gasteiger partial charge in [-0.3, -0.25) is 0 Å². The van der Waals surface area contributed by atoms with Crippen LogP contribution in [0.5, 0.6) is 5.75 Å². The maximum atomic E-state index is 13.9. The molecule has 9 heteroatoms. The van der Waals surface area contributed by atoms with E-state index in [2.05, 4.69) is 15.5 Å². The highest BCUT2D eigenvalue weighted by Crippen LogP contribution is 2.34. The van der Waals surface area contributed by atoms with Crippen LogP contribution in [0.4, 0.5) is 9.18 Å². The summed E-state index contributed by atoms with van der Waals surface area (Å²) in [5, 5.41) is 6.83. The standard InChI is InChI=1S/C17H19FN4O4/c1-10-19-16(21-26-10)14-9-22(6-8-24-14)17(23)20-13-5-7-25-15-11(13)3-2-4-12(15)18/h2-4,13-14H,5-9H2,1H3,(H,20,23)/t13-,14?/m0/s1. The molecule has 0 bridgehead atoms.